The Labute approximate surface area is 234 Å². The van der Waals surface area contributed by atoms with Gasteiger partial charge in [-0.15, -0.1) is 0 Å². The minimum Gasteiger partial charge on any atom is -0.377 e. The maximum Gasteiger partial charge on any atom is 0.321 e. The van der Waals surface area contributed by atoms with Gasteiger partial charge in [0.2, 0.25) is 0 Å². The lowest BCUT2D eigenvalue weighted by atomic mass is 9.81. The predicted octanol–water partition coefficient (Wildman–Crippen LogP) is 4.07. The number of aliphatic hydroxyl groups is 1. The first-order valence-electron chi connectivity index (χ1n) is 13.4. The SMILES string of the molecule is C[C@H]1COCCN1c1cc(C2(S(=O)(=O)c3ccccc3)CCC2)nc(-c2ccc(NC(=O)NC(C)(C)O)cc2)n1. The van der Waals surface area contributed by atoms with Crippen LogP contribution < -0.4 is 15.5 Å². The van der Waals surface area contributed by atoms with Gasteiger partial charge in [0.05, 0.1) is 29.8 Å². The molecule has 2 fully saturated rings. The van der Waals surface area contributed by atoms with Crippen molar-refractivity contribution in [3.05, 3.63) is 66.4 Å². The molecule has 2 heterocycles. The molecule has 0 radical (unpaired) electrons. The van der Waals surface area contributed by atoms with E-state index in [1.165, 1.54) is 13.8 Å². The molecule has 3 N–H and O–H groups in total. The number of ether oxygens (including phenoxy) is 1. The Morgan fingerprint density at radius 3 is 2.40 bits per heavy atom. The predicted molar refractivity (Wildman–Crippen MR) is 153 cm³/mol. The second kappa shape index (κ2) is 10.8. The lowest BCUT2D eigenvalue weighted by molar-refractivity contribution is 0.0569. The van der Waals surface area contributed by atoms with Crippen LogP contribution in [0.2, 0.25) is 0 Å². The summed E-state index contributed by atoms with van der Waals surface area (Å²) in [5.74, 6) is 1.07. The minimum absolute atomic E-state index is 0.0632. The van der Waals surface area contributed by atoms with Gasteiger partial charge in [-0.2, -0.15) is 0 Å². The molecular weight excluding hydrogens is 530 g/mol. The van der Waals surface area contributed by atoms with Crippen LogP contribution in [-0.2, 0) is 19.3 Å². The minimum atomic E-state index is -3.72. The summed E-state index contributed by atoms with van der Waals surface area (Å²) in [6.45, 7) is 6.74. The fraction of sp³-hybridized carbons (Fsp3) is 0.414. The van der Waals surface area contributed by atoms with Gasteiger partial charge >= 0.3 is 6.03 Å². The molecule has 10 nitrogen and oxygen atoms in total. The van der Waals surface area contributed by atoms with Crippen LogP contribution in [-0.4, -0.2) is 61.0 Å². The number of urea groups is 1. The van der Waals surface area contributed by atoms with Crippen molar-refractivity contribution in [1.82, 2.24) is 15.3 Å². The van der Waals surface area contributed by atoms with Crippen LogP contribution in [0.1, 0.15) is 45.7 Å². The molecule has 1 aliphatic heterocycles. The summed E-state index contributed by atoms with van der Waals surface area (Å²) in [4.78, 5) is 24.3. The molecule has 0 bridgehead atoms. The highest BCUT2D eigenvalue weighted by atomic mass is 32.2. The summed E-state index contributed by atoms with van der Waals surface area (Å²) in [6, 6.07) is 16.9. The molecule has 11 heteroatoms. The van der Waals surface area contributed by atoms with Crippen molar-refractivity contribution in [2.45, 2.75) is 61.4 Å². The van der Waals surface area contributed by atoms with Crippen LogP contribution in [0.15, 0.2) is 65.6 Å². The van der Waals surface area contributed by atoms with Crippen LogP contribution in [0.5, 0.6) is 0 Å². The Kier molecular flexibility index (Phi) is 7.56. The van der Waals surface area contributed by atoms with E-state index in [0.717, 1.165) is 6.42 Å². The Bertz CT molecular complexity index is 1470. The maximum atomic E-state index is 14.0. The molecule has 40 heavy (non-hydrogen) atoms. The number of hydrogen-bond acceptors (Lipinski definition) is 8. The van der Waals surface area contributed by atoms with Crippen molar-refractivity contribution in [1.29, 1.82) is 0 Å². The van der Waals surface area contributed by atoms with E-state index in [-0.39, 0.29) is 10.9 Å². The summed E-state index contributed by atoms with van der Waals surface area (Å²) in [5.41, 5.74) is 0.339. The highest BCUT2D eigenvalue weighted by Gasteiger charge is 2.52. The lowest BCUT2D eigenvalue weighted by Gasteiger charge is -2.41. The van der Waals surface area contributed by atoms with Gasteiger partial charge in [0, 0.05) is 23.9 Å². The number of rotatable bonds is 7. The van der Waals surface area contributed by atoms with Crippen molar-refractivity contribution < 1.29 is 23.1 Å². The molecular formula is C29H35N5O5S. The zero-order valence-electron chi connectivity index (χ0n) is 22.9. The van der Waals surface area contributed by atoms with Gasteiger partial charge in [-0.1, -0.05) is 18.2 Å². The molecule has 2 aromatic carbocycles. The molecule has 1 saturated heterocycles. The van der Waals surface area contributed by atoms with Crippen molar-refractivity contribution in [3.8, 4) is 11.4 Å². The van der Waals surface area contributed by atoms with Crippen LogP contribution in [0.4, 0.5) is 16.3 Å². The number of hydrogen-bond donors (Lipinski definition) is 3. The number of morpholine rings is 1. The normalized spacial score (nSPS) is 19.0. The molecule has 1 atom stereocenters. The van der Waals surface area contributed by atoms with E-state index in [1.807, 2.05) is 6.07 Å². The van der Waals surface area contributed by atoms with Crippen LogP contribution >= 0.6 is 0 Å². The van der Waals surface area contributed by atoms with E-state index in [0.29, 0.717) is 61.2 Å². The second-order valence-corrected chi connectivity index (χ2v) is 13.2. The number of carbonyl (C=O) groups excluding carboxylic acids is 1. The van der Waals surface area contributed by atoms with Crippen molar-refractivity contribution in [3.63, 3.8) is 0 Å². The molecule has 1 saturated carbocycles. The molecule has 5 rings (SSSR count). The quantitative estimate of drug-likeness (QED) is 0.365. The van der Waals surface area contributed by atoms with E-state index in [1.54, 1.807) is 54.6 Å². The van der Waals surface area contributed by atoms with Crippen molar-refractivity contribution in [2.75, 3.05) is 30.0 Å². The smallest absolute Gasteiger partial charge is 0.321 e. The highest BCUT2D eigenvalue weighted by Crippen LogP contribution is 2.51. The second-order valence-electron chi connectivity index (χ2n) is 10.9. The zero-order valence-corrected chi connectivity index (χ0v) is 23.7. The fourth-order valence-electron chi connectivity index (χ4n) is 5.14. The molecule has 1 aromatic heterocycles. The number of sulfone groups is 1. The van der Waals surface area contributed by atoms with E-state index >= 15 is 0 Å². The average Bonchev–Trinajstić information content (AvgIpc) is 2.88. The van der Waals surface area contributed by atoms with Gasteiger partial charge in [0.1, 0.15) is 16.3 Å². The van der Waals surface area contributed by atoms with Crippen LogP contribution in [0.25, 0.3) is 11.4 Å². The van der Waals surface area contributed by atoms with Crippen LogP contribution in [0.3, 0.4) is 0 Å². The van der Waals surface area contributed by atoms with Gasteiger partial charge in [-0.25, -0.2) is 23.2 Å². The van der Waals surface area contributed by atoms with Crippen LogP contribution in [0, 0.1) is 0 Å². The Morgan fingerprint density at radius 2 is 1.80 bits per heavy atom. The first-order valence-corrected chi connectivity index (χ1v) is 14.9. The number of carbonyl (C=O) groups is 1. The maximum absolute atomic E-state index is 14.0. The van der Waals surface area contributed by atoms with Gasteiger partial charge in [0.25, 0.3) is 0 Å². The molecule has 0 unspecified atom stereocenters. The Morgan fingerprint density at radius 1 is 1.10 bits per heavy atom. The summed E-state index contributed by atoms with van der Waals surface area (Å²) in [6.07, 6.45) is 1.76. The zero-order chi connectivity index (χ0) is 28.5. The molecule has 3 aromatic rings. The summed E-state index contributed by atoms with van der Waals surface area (Å²) in [5, 5.41) is 14.9. The van der Waals surface area contributed by atoms with Crippen molar-refractivity contribution in [2.24, 2.45) is 0 Å². The first-order chi connectivity index (χ1) is 19.0. The van der Waals surface area contributed by atoms with Gasteiger partial charge in [-0.05, 0) is 76.4 Å². The third kappa shape index (κ3) is 5.54. The number of nitrogens with one attached hydrogen (secondary N) is 2. The first kappa shape index (κ1) is 28.0. The molecule has 2 amide bonds. The number of aromatic nitrogens is 2. The lowest BCUT2D eigenvalue weighted by Crippen LogP contribution is -2.46. The monoisotopic (exact) mass is 565 g/mol. The molecule has 2 aliphatic rings. The topological polar surface area (TPSA) is 134 Å². The third-order valence-electron chi connectivity index (χ3n) is 7.39. The fourth-order valence-corrected chi connectivity index (χ4v) is 7.31. The summed E-state index contributed by atoms with van der Waals surface area (Å²) >= 11 is 0. The standard InChI is InChI=1S/C29H35N5O5S/c1-20-19-39-17-16-34(20)25-18-24(29(14-7-15-29)40(37,38)23-8-5-4-6-9-23)31-26(32-25)21-10-12-22(13-11-21)30-27(35)33-28(2,3)36/h4-6,8-13,18,20,36H,7,14-17,19H2,1-3H3,(H2,30,33,35)/t20-/m0/s1. The van der Waals surface area contributed by atoms with Gasteiger partial charge < -0.3 is 25.4 Å². The van der Waals surface area contributed by atoms with Gasteiger partial charge in [0.15, 0.2) is 15.7 Å². The van der Waals surface area contributed by atoms with Crippen molar-refractivity contribution >= 4 is 27.4 Å². The number of amides is 2. The average molecular weight is 566 g/mol. The number of nitrogens with zero attached hydrogens (tertiary/aromatic N) is 3. The molecule has 1 aliphatic carbocycles. The van der Waals surface area contributed by atoms with E-state index in [4.69, 9.17) is 14.7 Å². The van der Waals surface area contributed by atoms with E-state index < -0.39 is 26.3 Å². The molecule has 0 spiro atoms. The Hall–Kier alpha value is -3.54. The number of benzene rings is 2. The Balaban J connectivity index is 1.55. The largest absolute Gasteiger partial charge is 0.377 e. The summed E-state index contributed by atoms with van der Waals surface area (Å²) < 4.78 is 32.5. The summed E-state index contributed by atoms with van der Waals surface area (Å²) in [7, 11) is -3.72. The van der Waals surface area contributed by atoms with Gasteiger partial charge in [-0.3, -0.25) is 0 Å². The highest BCUT2D eigenvalue weighted by molar-refractivity contribution is 7.92. The molecule has 212 valence electrons. The van der Waals surface area contributed by atoms with E-state index in [2.05, 4.69) is 22.5 Å². The number of anilines is 2. The third-order valence-corrected chi connectivity index (χ3v) is 9.93. The van der Waals surface area contributed by atoms with E-state index in [9.17, 15) is 18.3 Å².